The van der Waals surface area contributed by atoms with E-state index in [0.717, 1.165) is 12.3 Å². The molecule has 0 bridgehead atoms. The number of nitrogens with zero attached hydrogens (tertiary/aromatic N) is 1. The highest BCUT2D eigenvalue weighted by Crippen LogP contribution is 2.32. The number of hydrogen-bond donors (Lipinski definition) is 2. The van der Waals surface area contributed by atoms with Crippen molar-refractivity contribution < 1.29 is 14.6 Å². The van der Waals surface area contributed by atoms with Crippen LogP contribution in [0.2, 0.25) is 0 Å². The number of H-pyrrole nitrogens is 1. The van der Waals surface area contributed by atoms with Crippen LogP contribution in [-0.2, 0) is 0 Å². The molecule has 1 amide bonds. The van der Waals surface area contributed by atoms with Gasteiger partial charge in [0.2, 0.25) is 11.8 Å². The Kier molecular flexibility index (Phi) is 5.04. The van der Waals surface area contributed by atoms with Gasteiger partial charge in [-0.15, -0.1) is 0 Å². The van der Waals surface area contributed by atoms with Crippen molar-refractivity contribution in [3.8, 4) is 11.8 Å². The van der Waals surface area contributed by atoms with Gasteiger partial charge in [-0.2, -0.15) is 0 Å². The Bertz CT molecular complexity index is 532. The van der Waals surface area contributed by atoms with Crippen molar-refractivity contribution >= 4 is 12.1 Å². The molecule has 1 aromatic rings. The summed E-state index contributed by atoms with van der Waals surface area (Å²) in [5.41, 5.74) is 0.778. The van der Waals surface area contributed by atoms with Gasteiger partial charge < -0.3 is 9.84 Å². The van der Waals surface area contributed by atoms with Crippen LogP contribution in [0.1, 0.15) is 62.4 Å². The Hall–Kier alpha value is -1.78. The highest BCUT2D eigenvalue weighted by Gasteiger charge is 2.27. The van der Waals surface area contributed by atoms with E-state index in [2.05, 4.69) is 30.7 Å². The molecule has 2 heterocycles. The van der Waals surface area contributed by atoms with Crippen LogP contribution in [0.5, 0.6) is 11.8 Å². The van der Waals surface area contributed by atoms with E-state index >= 15 is 0 Å². The number of aromatic amines is 1. The number of rotatable bonds is 8. The lowest BCUT2D eigenvalue weighted by Crippen LogP contribution is -2.06. The van der Waals surface area contributed by atoms with Crippen LogP contribution in [0.4, 0.5) is 0 Å². The van der Waals surface area contributed by atoms with Gasteiger partial charge in [0, 0.05) is 6.21 Å². The molecule has 2 N–H and O–H groups in total. The van der Waals surface area contributed by atoms with Crippen LogP contribution >= 0.6 is 0 Å². The predicted molar refractivity (Wildman–Crippen MR) is 82.3 cm³/mol. The highest BCUT2D eigenvalue weighted by molar-refractivity contribution is 6.15. The lowest BCUT2D eigenvalue weighted by atomic mass is 9.98. The van der Waals surface area contributed by atoms with Gasteiger partial charge >= 0.3 is 0 Å². The smallest absolute Gasteiger partial charge is 0.283 e. The maximum absolute atomic E-state index is 11.6. The molecule has 2 rings (SSSR count). The van der Waals surface area contributed by atoms with Crippen LogP contribution in [0, 0.1) is 11.8 Å². The fraction of sp³-hybridized carbons (Fsp3) is 0.625. The second kappa shape index (κ2) is 6.78. The molecular formula is C16H24N2O3. The number of hydrogen-bond acceptors (Lipinski definition) is 3. The highest BCUT2D eigenvalue weighted by atomic mass is 16.5. The Balaban J connectivity index is 1.77. The third-order valence-electron chi connectivity index (χ3n) is 3.84. The summed E-state index contributed by atoms with van der Waals surface area (Å²) in [6.07, 6.45) is 5.99. The Labute approximate surface area is 125 Å². The number of aromatic nitrogens is 1. The van der Waals surface area contributed by atoms with E-state index in [0.29, 0.717) is 29.5 Å². The molecule has 5 heteroatoms. The van der Waals surface area contributed by atoms with E-state index in [4.69, 9.17) is 4.74 Å². The number of fused-ring (bicyclic) bond motifs is 1. The molecule has 5 nitrogen and oxygen atoms in total. The summed E-state index contributed by atoms with van der Waals surface area (Å²) in [6, 6.07) is 0. The lowest BCUT2D eigenvalue weighted by Gasteiger charge is -2.12. The van der Waals surface area contributed by atoms with Crippen LogP contribution < -0.4 is 4.74 Å². The van der Waals surface area contributed by atoms with Gasteiger partial charge in [-0.25, -0.2) is 4.99 Å². The summed E-state index contributed by atoms with van der Waals surface area (Å²) in [4.78, 5) is 18.0. The first-order valence-corrected chi connectivity index (χ1v) is 7.65. The molecule has 1 unspecified atom stereocenters. The van der Waals surface area contributed by atoms with Gasteiger partial charge in [-0.1, -0.05) is 40.0 Å². The first-order chi connectivity index (χ1) is 9.99. The van der Waals surface area contributed by atoms with E-state index in [1.807, 2.05) is 0 Å². The molecule has 0 saturated carbocycles. The number of carbonyl (C=O) groups excluding carboxylic acids is 1. The topological polar surface area (TPSA) is 74.7 Å². The maximum atomic E-state index is 11.6. The zero-order valence-electron chi connectivity index (χ0n) is 13.0. The van der Waals surface area contributed by atoms with Crippen molar-refractivity contribution in [1.29, 1.82) is 0 Å². The third-order valence-corrected chi connectivity index (χ3v) is 3.84. The Morgan fingerprint density at radius 2 is 2.05 bits per heavy atom. The average Bonchev–Trinajstić information content (AvgIpc) is 2.92. The minimum Gasteiger partial charge on any atom is -0.494 e. The second-order valence-electron chi connectivity index (χ2n) is 6.22. The van der Waals surface area contributed by atoms with Gasteiger partial charge in [-0.05, 0) is 18.3 Å². The fourth-order valence-electron chi connectivity index (χ4n) is 2.49. The number of amides is 1. The molecule has 21 heavy (non-hydrogen) atoms. The molecule has 0 aliphatic carbocycles. The standard InChI is InChI=1S/C16H24N2O3/c1-10(2)5-4-6-11(3)7-8-21-16-13-12(14(19)18-16)9-17-15(13)20/h9-11,18-19H,4-8H2,1-3H3. The van der Waals surface area contributed by atoms with Gasteiger partial charge in [0.25, 0.3) is 5.91 Å². The summed E-state index contributed by atoms with van der Waals surface area (Å²) in [5.74, 6) is 1.26. The van der Waals surface area contributed by atoms with Crippen molar-refractivity contribution in [1.82, 2.24) is 4.98 Å². The average molecular weight is 292 g/mol. The SMILES string of the molecule is CC(C)CCCC(C)CCOc1[nH]c(O)c2c1C(=O)N=C2. The van der Waals surface area contributed by atoms with Crippen molar-refractivity contribution in [2.75, 3.05) is 6.61 Å². The summed E-state index contributed by atoms with van der Waals surface area (Å²) in [5, 5.41) is 9.67. The van der Waals surface area contributed by atoms with Crippen LogP contribution in [0.25, 0.3) is 0 Å². The summed E-state index contributed by atoms with van der Waals surface area (Å²) < 4.78 is 5.62. The molecular weight excluding hydrogens is 268 g/mol. The van der Waals surface area contributed by atoms with E-state index in [1.165, 1.54) is 25.5 Å². The van der Waals surface area contributed by atoms with E-state index in [9.17, 15) is 9.90 Å². The van der Waals surface area contributed by atoms with E-state index in [1.54, 1.807) is 0 Å². The predicted octanol–water partition coefficient (Wildman–Crippen LogP) is 3.52. The van der Waals surface area contributed by atoms with Crippen LogP contribution in [0.15, 0.2) is 4.99 Å². The summed E-state index contributed by atoms with van der Waals surface area (Å²) in [7, 11) is 0. The molecule has 1 aromatic heterocycles. The van der Waals surface area contributed by atoms with Crippen LogP contribution in [-0.4, -0.2) is 28.8 Å². The normalized spacial score (nSPS) is 14.8. The van der Waals surface area contributed by atoms with Gasteiger partial charge in [0.05, 0.1) is 12.2 Å². The summed E-state index contributed by atoms with van der Waals surface area (Å²) >= 11 is 0. The Morgan fingerprint density at radius 3 is 2.76 bits per heavy atom. The van der Waals surface area contributed by atoms with Gasteiger partial charge in [0.1, 0.15) is 5.56 Å². The van der Waals surface area contributed by atoms with Gasteiger partial charge in [-0.3, -0.25) is 9.78 Å². The van der Waals surface area contributed by atoms with Crippen LogP contribution in [0.3, 0.4) is 0 Å². The monoisotopic (exact) mass is 292 g/mol. The van der Waals surface area contributed by atoms with Crippen molar-refractivity contribution in [2.45, 2.75) is 46.5 Å². The number of aromatic hydroxyl groups is 1. The molecule has 0 radical (unpaired) electrons. The molecule has 1 aliphatic rings. The number of ether oxygens (including phenoxy) is 1. The zero-order valence-corrected chi connectivity index (χ0v) is 13.0. The first-order valence-electron chi connectivity index (χ1n) is 7.65. The van der Waals surface area contributed by atoms with E-state index in [-0.39, 0.29) is 11.8 Å². The zero-order chi connectivity index (χ0) is 15.4. The first kappa shape index (κ1) is 15.6. The second-order valence-corrected chi connectivity index (χ2v) is 6.22. The number of aliphatic imine (C=N–C) groups is 1. The molecule has 0 spiro atoms. The molecule has 0 saturated heterocycles. The molecule has 1 atom stereocenters. The molecule has 116 valence electrons. The van der Waals surface area contributed by atoms with E-state index < -0.39 is 0 Å². The van der Waals surface area contributed by atoms with Crippen molar-refractivity contribution in [3.63, 3.8) is 0 Å². The molecule has 0 aromatic carbocycles. The third kappa shape index (κ3) is 3.86. The van der Waals surface area contributed by atoms with Crippen molar-refractivity contribution in [2.24, 2.45) is 16.8 Å². The Morgan fingerprint density at radius 1 is 1.29 bits per heavy atom. The number of carbonyl (C=O) groups is 1. The quantitative estimate of drug-likeness (QED) is 0.769. The largest absolute Gasteiger partial charge is 0.494 e. The van der Waals surface area contributed by atoms with Crippen molar-refractivity contribution in [3.05, 3.63) is 11.1 Å². The maximum Gasteiger partial charge on any atom is 0.283 e. The minimum atomic E-state index is -0.360. The fourth-order valence-corrected chi connectivity index (χ4v) is 2.49. The number of nitrogens with one attached hydrogen (secondary N) is 1. The molecule has 0 fully saturated rings. The minimum absolute atomic E-state index is 0.0559. The lowest BCUT2D eigenvalue weighted by molar-refractivity contribution is 0.100. The summed E-state index contributed by atoms with van der Waals surface area (Å²) in [6.45, 7) is 7.23. The van der Waals surface area contributed by atoms with Gasteiger partial charge in [0.15, 0.2) is 0 Å². The molecule has 1 aliphatic heterocycles.